The molecule has 0 bridgehead atoms. The zero-order valence-electron chi connectivity index (χ0n) is 24.7. The van der Waals surface area contributed by atoms with Gasteiger partial charge in [0.05, 0.1) is 0 Å². The molecule has 0 radical (unpaired) electrons. The van der Waals surface area contributed by atoms with Crippen molar-refractivity contribution in [2.75, 3.05) is 14.1 Å². The summed E-state index contributed by atoms with van der Waals surface area (Å²) in [6, 6.07) is 0.536. The average Bonchev–Trinajstić information content (AvgIpc) is 2.63. The van der Waals surface area contributed by atoms with Crippen molar-refractivity contribution < 1.29 is 40.0 Å². The Morgan fingerprint density at radius 2 is 0.903 bits per heavy atom. The first kappa shape index (κ1) is 32.3. The maximum absolute atomic E-state index is 2.79. The zero-order chi connectivity index (χ0) is 25.5. The molecule has 0 unspecified atom stereocenters. The molecule has 185 valence electrons. The fraction of sp³-hybridized carbons (Fsp3) is 1.00. The standard InChI is InChI=1S/C27H58N3.Ce/c1-19(2)21(5)23(7,8)30(18)27(15,16)25(11,12)28-24(9,10)26(13,14)29(17)22(6)20(3)4;/h19-22H,1-18H3;/q-1;+1/t21-,22+;/m0./s1. The number of hydrogen-bond acceptors (Lipinski definition) is 3. The monoisotopic (exact) mass is 564 g/mol. The minimum atomic E-state index is -0.00299. The molecule has 0 amide bonds. The first-order chi connectivity index (χ1) is 13.4. The summed E-state index contributed by atoms with van der Waals surface area (Å²) in [6.07, 6.45) is 0. The second-order valence-corrected chi connectivity index (χ2v) is 14.8. The van der Waals surface area contributed by atoms with E-state index in [0.717, 1.165) is 40.0 Å². The van der Waals surface area contributed by atoms with Gasteiger partial charge in [-0.3, -0.25) is 0 Å². The van der Waals surface area contributed by atoms with Crippen molar-refractivity contribution >= 4 is 0 Å². The van der Waals surface area contributed by atoms with Crippen molar-refractivity contribution in [3.63, 3.8) is 0 Å². The van der Waals surface area contributed by atoms with Crippen molar-refractivity contribution in [2.24, 2.45) is 17.8 Å². The van der Waals surface area contributed by atoms with Crippen molar-refractivity contribution in [3.8, 4) is 0 Å². The van der Waals surface area contributed by atoms with E-state index in [2.05, 4.69) is 136 Å². The van der Waals surface area contributed by atoms with E-state index in [1.807, 2.05) is 0 Å². The van der Waals surface area contributed by atoms with Gasteiger partial charge in [-0.05, 0) is 0 Å². The maximum atomic E-state index is 2.79. The summed E-state index contributed by atoms with van der Waals surface area (Å²) < 4.78 is 2.79. The average molecular weight is 565 g/mol. The summed E-state index contributed by atoms with van der Waals surface area (Å²) in [6.45, 7) is 38.7. The van der Waals surface area contributed by atoms with Gasteiger partial charge in [0.2, 0.25) is 0 Å². The van der Waals surface area contributed by atoms with Crippen molar-refractivity contribution in [3.05, 3.63) is 0 Å². The molecule has 0 fully saturated rings. The number of nitrogens with zero attached hydrogens (tertiary/aromatic N) is 3. The molecule has 0 aliphatic rings. The predicted molar refractivity (Wildman–Crippen MR) is 136 cm³/mol. The molecule has 0 heterocycles. The normalized spacial score (nSPS) is 17.4. The molecule has 0 saturated carbocycles. The van der Waals surface area contributed by atoms with Gasteiger partial charge in [-0.15, -0.1) is 0 Å². The van der Waals surface area contributed by atoms with E-state index in [1.54, 1.807) is 0 Å². The van der Waals surface area contributed by atoms with Crippen LogP contribution in [0.15, 0.2) is 0 Å². The predicted octanol–water partition coefficient (Wildman–Crippen LogP) is 6.85. The van der Waals surface area contributed by atoms with E-state index < -0.39 is 0 Å². The Kier molecular flexibility index (Phi) is 10.9. The van der Waals surface area contributed by atoms with Crippen LogP contribution in [0.5, 0.6) is 0 Å². The molecule has 4 heteroatoms. The van der Waals surface area contributed by atoms with Gasteiger partial charge in [-0.1, -0.05) is 0 Å². The van der Waals surface area contributed by atoms with Gasteiger partial charge in [-0.25, -0.2) is 0 Å². The van der Waals surface area contributed by atoms with Gasteiger partial charge in [-0.2, -0.15) is 0 Å². The summed E-state index contributed by atoms with van der Waals surface area (Å²) in [5, 5.41) is 0. The van der Waals surface area contributed by atoms with Gasteiger partial charge in [0.15, 0.2) is 0 Å². The van der Waals surface area contributed by atoms with E-state index in [-0.39, 0.29) is 27.7 Å². The second kappa shape index (κ2) is 10.5. The Balaban J connectivity index is 6.24. The Hall–Kier alpha value is 1.26. The van der Waals surface area contributed by atoms with Crippen LogP contribution < -0.4 is 0 Å². The van der Waals surface area contributed by atoms with Crippen molar-refractivity contribution in [2.45, 2.75) is 145 Å². The van der Waals surface area contributed by atoms with Crippen LogP contribution in [0.2, 0.25) is 0 Å². The molecule has 0 rings (SSSR count). The number of likely N-dealkylation sites (N-methyl/N-ethyl adjacent to an activating group) is 2. The molecule has 31 heavy (non-hydrogen) atoms. The third-order valence-electron chi connectivity index (χ3n) is 10.4. The summed E-state index contributed by atoms with van der Waals surface area (Å²) >= 11 is 1.01. The van der Waals surface area contributed by atoms with E-state index in [0.29, 0.717) is 23.8 Å². The van der Waals surface area contributed by atoms with Crippen molar-refractivity contribution in [1.29, 1.82) is 0 Å². The zero-order valence-corrected chi connectivity index (χ0v) is 27.8. The van der Waals surface area contributed by atoms with Gasteiger partial charge < -0.3 is 0 Å². The molecule has 0 aliphatic carbocycles. The number of rotatable bonds is 11. The van der Waals surface area contributed by atoms with Gasteiger partial charge in [0.25, 0.3) is 0 Å². The molecule has 3 nitrogen and oxygen atoms in total. The topological polar surface area (TPSA) is 9.72 Å². The molecular weight excluding hydrogens is 506 g/mol. The summed E-state index contributed by atoms with van der Waals surface area (Å²) in [7, 11) is 4.67. The first-order valence-electron chi connectivity index (χ1n) is 12.4. The van der Waals surface area contributed by atoms with Crippen LogP contribution in [0, 0.1) is 57.8 Å². The molecule has 0 spiro atoms. The Labute approximate surface area is 225 Å². The fourth-order valence-corrected chi connectivity index (χ4v) is 6.60. The van der Waals surface area contributed by atoms with Crippen LogP contribution in [0.25, 0.3) is 0 Å². The molecule has 0 aliphatic heterocycles. The number of hydrogen-bond donors (Lipinski definition) is 0. The van der Waals surface area contributed by atoms with E-state index in [4.69, 9.17) is 0 Å². The van der Waals surface area contributed by atoms with Crippen molar-refractivity contribution in [1.82, 2.24) is 10.7 Å². The second-order valence-electron chi connectivity index (χ2n) is 13.4. The fourth-order valence-electron chi connectivity index (χ4n) is 4.89. The molecule has 0 N–H and O–H groups in total. The summed E-state index contributed by atoms with van der Waals surface area (Å²) in [5.41, 5.74) is 0.166. The van der Waals surface area contributed by atoms with Gasteiger partial charge in [0.1, 0.15) is 0 Å². The van der Waals surface area contributed by atoms with Crippen LogP contribution in [0.1, 0.15) is 111 Å². The minimum absolute atomic E-state index is 0.00299. The van der Waals surface area contributed by atoms with E-state index >= 15 is 0 Å². The molecule has 0 aromatic rings. The molecule has 0 aromatic heterocycles. The van der Waals surface area contributed by atoms with E-state index in [1.165, 1.54) is 0 Å². The molecular formula is C27H58CeN3. The first-order valence-corrected chi connectivity index (χ1v) is 13.8. The Morgan fingerprint density at radius 1 is 0.548 bits per heavy atom. The SMILES string of the molecule is CC(C)[C@@H](C)N(C)C(C)(C)C(C)(C)[N]([Ce])C(C)(C)C(C)(C)N(C)C(C)(C)[C@@H](C)C(C)C. The molecule has 0 saturated heterocycles. The van der Waals surface area contributed by atoms with Crippen LogP contribution >= 0.6 is 0 Å². The summed E-state index contributed by atoms with van der Waals surface area (Å²) in [4.78, 5) is 5.28. The Bertz CT molecular complexity index is 575. The Morgan fingerprint density at radius 3 is 1.23 bits per heavy atom. The van der Waals surface area contributed by atoms with Crippen LogP contribution in [-0.2, 0) is 0 Å². The third kappa shape index (κ3) is 5.91. The van der Waals surface area contributed by atoms with Crippen LogP contribution in [0.3, 0.4) is 0 Å². The molecule has 0 aromatic carbocycles. The van der Waals surface area contributed by atoms with Gasteiger partial charge in [0, 0.05) is 0 Å². The third-order valence-corrected chi connectivity index (χ3v) is 13.9. The van der Waals surface area contributed by atoms with Crippen LogP contribution in [-0.4, -0.2) is 58.5 Å². The quantitative estimate of drug-likeness (QED) is 0.272. The van der Waals surface area contributed by atoms with Crippen LogP contribution in [0.4, 0.5) is 0 Å². The summed E-state index contributed by atoms with van der Waals surface area (Å²) in [5.74, 6) is 1.90. The van der Waals surface area contributed by atoms with Gasteiger partial charge >= 0.3 is 227 Å². The molecule has 2 atom stereocenters. The van der Waals surface area contributed by atoms with E-state index in [9.17, 15) is 0 Å².